The maximum absolute atomic E-state index is 14.3. The van der Waals surface area contributed by atoms with Crippen LogP contribution in [0.5, 0.6) is 0 Å². The lowest BCUT2D eigenvalue weighted by atomic mass is 9.29. The fourth-order valence-corrected chi connectivity index (χ4v) is 11.1. The summed E-state index contributed by atoms with van der Waals surface area (Å²) in [5, 5.41) is 12.1. The molecule has 33 heavy (non-hydrogen) atoms. The topological polar surface area (TPSA) is 54.4 Å². The number of hydrogen-bond donors (Lipinski definition) is 1. The van der Waals surface area contributed by atoms with E-state index >= 15 is 0 Å². The number of fused-ring (bicyclic) bond motifs is 7. The zero-order valence-corrected chi connectivity index (χ0v) is 22.5. The normalized spacial score (nSPS) is 58.0. The molecule has 5 fully saturated rings. The molecule has 0 aromatic heterocycles. The molecular weight excluding hydrogens is 408 g/mol. The van der Waals surface area contributed by atoms with Gasteiger partial charge in [-0.1, -0.05) is 55.4 Å². The number of ketones is 2. The third kappa shape index (κ3) is 2.73. The van der Waals surface area contributed by atoms with Crippen molar-refractivity contribution >= 4 is 11.6 Å². The average molecular weight is 457 g/mol. The van der Waals surface area contributed by atoms with Crippen molar-refractivity contribution in [1.82, 2.24) is 0 Å². The van der Waals surface area contributed by atoms with Crippen molar-refractivity contribution in [3.05, 3.63) is 0 Å². The lowest BCUT2D eigenvalue weighted by Gasteiger charge is -2.74. The van der Waals surface area contributed by atoms with E-state index in [1.165, 1.54) is 6.42 Å². The largest absolute Gasteiger partial charge is 0.392 e. The highest BCUT2D eigenvalue weighted by atomic mass is 16.3. The molecule has 186 valence electrons. The molecule has 0 aromatic rings. The van der Waals surface area contributed by atoms with E-state index < -0.39 is 11.5 Å². The molecule has 5 saturated carbocycles. The van der Waals surface area contributed by atoms with Gasteiger partial charge in [0.25, 0.3) is 0 Å². The molecular formula is C30H48O3. The van der Waals surface area contributed by atoms with Gasteiger partial charge in [-0.2, -0.15) is 0 Å². The van der Waals surface area contributed by atoms with E-state index in [1.54, 1.807) is 0 Å². The van der Waals surface area contributed by atoms with E-state index in [-0.39, 0.29) is 33.0 Å². The Bertz CT molecular complexity index is 891. The first-order valence-electron chi connectivity index (χ1n) is 13.8. The monoisotopic (exact) mass is 456 g/mol. The molecule has 5 aliphatic carbocycles. The number of aliphatic hydroxyl groups excluding tert-OH is 1. The number of aliphatic hydroxyl groups is 1. The second-order valence-electron chi connectivity index (χ2n) is 15.3. The van der Waals surface area contributed by atoms with Crippen molar-refractivity contribution in [3.8, 4) is 0 Å². The van der Waals surface area contributed by atoms with Gasteiger partial charge < -0.3 is 5.11 Å². The van der Waals surface area contributed by atoms with E-state index in [2.05, 4.69) is 55.4 Å². The average Bonchev–Trinajstić information content (AvgIpc) is 2.71. The van der Waals surface area contributed by atoms with E-state index in [9.17, 15) is 14.7 Å². The van der Waals surface area contributed by atoms with E-state index in [0.717, 1.165) is 38.5 Å². The first-order chi connectivity index (χ1) is 15.1. The van der Waals surface area contributed by atoms with Crippen LogP contribution in [0.2, 0.25) is 0 Å². The van der Waals surface area contributed by atoms with Crippen LogP contribution in [0.1, 0.15) is 113 Å². The van der Waals surface area contributed by atoms with Crippen molar-refractivity contribution in [2.75, 3.05) is 0 Å². The number of carbonyl (C=O) groups excluding carboxylic acids is 2. The summed E-state index contributed by atoms with van der Waals surface area (Å²) < 4.78 is 0. The fraction of sp³-hybridized carbons (Fsp3) is 0.933. The van der Waals surface area contributed by atoms with Gasteiger partial charge >= 0.3 is 0 Å². The summed E-state index contributed by atoms with van der Waals surface area (Å²) in [6.45, 7) is 18.6. The maximum Gasteiger partial charge on any atom is 0.140 e. The third-order valence-electron chi connectivity index (χ3n) is 13.5. The summed E-state index contributed by atoms with van der Waals surface area (Å²) in [6.07, 6.45) is 8.00. The fourth-order valence-electron chi connectivity index (χ4n) is 11.1. The van der Waals surface area contributed by atoms with Gasteiger partial charge in [-0.15, -0.1) is 0 Å². The second-order valence-corrected chi connectivity index (χ2v) is 15.3. The SMILES string of the molecule is CC1C(=O)CCC2C1(C)CCC1C2(C)CC(O)C2(C)C3CC(C)(C)CCC3(C)CC(=O)C12C. The summed E-state index contributed by atoms with van der Waals surface area (Å²) in [5.41, 5.74) is -0.720. The second kappa shape index (κ2) is 6.74. The minimum Gasteiger partial charge on any atom is -0.392 e. The van der Waals surface area contributed by atoms with Gasteiger partial charge in [-0.25, -0.2) is 0 Å². The number of hydrogen-bond acceptors (Lipinski definition) is 3. The standard InChI is InChI=1S/C30H48O3/c1-18-19(31)9-10-20-27(18,5)12-11-21-28(20,6)17-24(33)30(8)22-15-25(2,3)13-14-26(22,4)16-23(32)29(21,30)7/h18,20-22,24,33H,9-17H2,1-8H3. The number of carbonyl (C=O) groups is 2. The van der Waals surface area contributed by atoms with Crippen molar-refractivity contribution in [3.63, 3.8) is 0 Å². The molecule has 10 atom stereocenters. The van der Waals surface area contributed by atoms with Crippen LogP contribution >= 0.6 is 0 Å². The Labute approximate surface area is 201 Å². The maximum atomic E-state index is 14.3. The smallest absolute Gasteiger partial charge is 0.140 e. The third-order valence-corrected chi connectivity index (χ3v) is 13.5. The van der Waals surface area contributed by atoms with Gasteiger partial charge in [-0.3, -0.25) is 9.59 Å². The Kier molecular flexibility index (Phi) is 4.90. The summed E-state index contributed by atoms with van der Waals surface area (Å²) in [6, 6.07) is 0. The van der Waals surface area contributed by atoms with Crippen molar-refractivity contribution < 1.29 is 14.7 Å². The summed E-state index contributed by atoms with van der Waals surface area (Å²) in [7, 11) is 0. The quantitative estimate of drug-likeness (QED) is 0.446. The van der Waals surface area contributed by atoms with Crippen molar-refractivity contribution in [2.45, 2.75) is 119 Å². The predicted octanol–water partition coefficient (Wildman–Crippen LogP) is 6.61. The van der Waals surface area contributed by atoms with Crippen LogP contribution in [0.3, 0.4) is 0 Å². The molecule has 0 spiro atoms. The first kappa shape index (κ1) is 24.0. The highest BCUT2D eigenvalue weighted by Gasteiger charge is 2.76. The van der Waals surface area contributed by atoms with Gasteiger partial charge in [-0.05, 0) is 84.4 Å². The molecule has 10 unspecified atom stereocenters. The Morgan fingerprint density at radius 2 is 1.45 bits per heavy atom. The highest BCUT2D eigenvalue weighted by molar-refractivity contribution is 5.88. The lowest BCUT2D eigenvalue weighted by Crippen LogP contribution is -2.74. The van der Waals surface area contributed by atoms with Crippen LogP contribution in [0.4, 0.5) is 0 Å². The van der Waals surface area contributed by atoms with E-state index in [0.29, 0.717) is 42.2 Å². The van der Waals surface area contributed by atoms with Crippen LogP contribution in [0.15, 0.2) is 0 Å². The van der Waals surface area contributed by atoms with E-state index in [4.69, 9.17) is 0 Å². The highest BCUT2D eigenvalue weighted by Crippen LogP contribution is 2.77. The number of rotatable bonds is 0. The summed E-state index contributed by atoms with van der Waals surface area (Å²) >= 11 is 0. The van der Waals surface area contributed by atoms with Crippen LogP contribution in [-0.2, 0) is 9.59 Å². The Morgan fingerprint density at radius 3 is 2.12 bits per heavy atom. The molecule has 5 rings (SSSR count). The van der Waals surface area contributed by atoms with E-state index in [1.807, 2.05) is 0 Å². The molecule has 0 aromatic carbocycles. The van der Waals surface area contributed by atoms with Crippen molar-refractivity contribution in [1.29, 1.82) is 0 Å². The summed E-state index contributed by atoms with van der Waals surface area (Å²) in [4.78, 5) is 27.0. The Morgan fingerprint density at radius 1 is 0.788 bits per heavy atom. The van der Waals surface area contributed by atoms with Gasteiger partial charge in [0.15, 0.2) is 0 Å². The van der Waals surface area contributed by atoms with Crippen molar-refractivity contribution in [2.24, 2.45) is 56.2 Å². The molecule has 0 heterocycles. The molecule has 0 bridgehead atoms. The van der Waals surface area contributed by atoms with Crippen LogP contribution in [-0.4, -0.2) is 22.8 Å². The molecule has 0 aliphatic heterocycles. The first-order valence-corrected chi connectivity index (χ1v) is 13.8. The minimum atomic E-state index is -0.497. The van der Waals surface area contributed by atoms with Gasteiger partial charge in [0, 0.05) is 29.6 Å². The molecule has 0 amide bonds. The van der Waals surface area contributed by atoms with Crippen LogP contribution in [0, 0.1) is 56.2 Å². The zero-order chi connectivity index (χ0) is 24.4. The number of Topliss-reactive ketones (excluding diaryl/α,β-unsaturated/α-hetero) is 2. The minimum absolute atomic E-state index is 0.00450. The lowest BCUT2D eigenvalue weighted by molar-refractivity contribution is -0.276. The predicted molar refractivity (Wildman–Crippen MR) is 132 cm³/mol. The van der Waals surface area contributed by atoms with Crippen LogP contribution < -0.4 is 0 Å². The molecule has 0 radical (unpaired) electrons. The summed E-state index contributed by atoms with van der Waals surface area (Å²) in [5.74, 6) is 1.97. The Balaban J connectivity index is 1.64. The van der Waals surface area contributed by atoms with Gasteiger partial charge in [0.05, 0.1) is 6.10 Å². The molecule has 1 N–H and O–H groups in total. The molecule has 3 heteroatoms. The zero-order valence-electron chi connectivity index (χ0n) is 22.5. The van der Waals surface area contributed by atoms with Crippen LogP contribution in [0.25, 0.3) is 0 Å². The molecule has 3 nitrogen and oxygen atoms in total. The van der Waals surface area contributed by atoms with Gasteiger partial charge in [0.1, 0.15) is 11.6 Å². The Hall–Kier alpha value is -0.700. The molecule has 0 saturated heterocycles. The molecule has 5 aliphatic rings. The van der Waals surface area contributed by atoms with Gasteiger partial charge in [0.2, 0.25) is 0 Å².